The quantitative estimate of drug-likeness (QED) is 0.390. The number of hydrogen-bond acceptors (Lipinski definition) is 3. The molecule has 0 aliphatic heterocycles. The van der Waals surface area contributed by atoms with Crippen LogP contribution in [0.1, 0.15) is 30.9 Å². The SMILES string of the molecule is CCCCOc1cc(C(=N)N)ccc1CC(=O)O. The molecule has 0 aromatic heterocycles. The molecule has 5 heteroatoms. The van der Waals surface area contributed by atoms with Gasteiger partial charge in [0.05, 0.1) is 13.0 Å². The van der Waals surface area contributed by atoms with E-state index >= 15 is 0 Å². The normalized spacial score (nSPS) is 10.1. The van der Waals surface area contributed by atoms with Gasteiger partial charge in [-0.05, 0) is 12.5 Å². The van der Waals surface area contributed by atoms with E-state index in [2.05, 4.69) is 0 Å². The molecule has 1 aromatic carbocycles. The molecule has 0 fully saturated rings. The van der Waals surface area contributed by atoms with Crippen molar-refractivity contribution in [2.75, 3.05) is 6.61 Å². The smallest absolute Gasteiger partial charge is 0.307 e. The van der Waals surface area contributed by atoms with E-state index in [1.54, 1.807) is 18.2 Å². The van der Waals surface area contributed by atoms with E-state index in [1.807, 2.05) is 6.92 Å². The average Bonchev–Trinajstić information content (AvgIpc) is 2.30. The molecule has 0 amide bonds. The van der Waals surface area contributed by atoms with Crippen molar-refractivity contribution in [2.24, 2.45) is 5.73 Å². The van der Waals surface area contributed by atoms with E-state index < -0.39 is 5.97 Å². The molecule has 1 rings (SSSR count). The molecule has 4 N–H and O–H groups in total. The highest BCUT2D eigenvalue weighted by Crippen LogP contribution is 2.21. The number of benzene rings is 1. The van der Waals surface area contributed by atoms with Crippen LogP contribution < -0.4 is 10.5 Å². The van der Waals surface area contributed by atoms with Crippen molar-refractivity contribution in [2.45, 2.75) is 26.2 Å². The summed E-state index contributed by atoms with van der Waals surface area (Å²) in [4.78, 5) is 10.7. The summed E-state index contributed by atoms with van der Waals surface area (Å²) < 4.78 is 5.55. The predicted molar refractivity (Wildman–Crippen MR) is 69.2 cm³/mol. The Labute approximate surface area is 106 Å². The van der Waals surface area contributed by atoms with Crippen molar-refractivity contribution in [3.63, 3.8) is 0 Å². The maximum atomic E-state index is 10.7. The minimum absolute atomic E-state index is 0.0581. The second kappa shape index (κ2) is 6.64. The Morgan fingerprint density at radius 1 is 1.50 bits per heavy atom. The summed E-state index contributed by atoms with van der Waals surface area (Å²) in [7, 11) is 0. The first kappa shape index (κ1) is 14.0. The Morgan fingerprint density at radius 2 is 2.22 bits per heavy atom. The van der Waals surface area contributed by atoms with Crippen LogP contribution in [0.5, 0.6) is 5.75 Å². The minimum Gasteiger partial charge on any atom is -0.493 e. The van der Waals surface area contributed by atoms with Gasteiger partial charge in [0.1, 0.15) is 11.6 Å². The third-order valence-electron chi connectivity index (χ3n) is 2.48. The maximum Gasteiger partial charge on any atom is 0.307 e. The molecule has 0 saturated heterocycles. The Kier molecular flexibility index (Phi) is 5.17. The number of nitrogen functional groups attached to an aromatic ring is 1. The van der Waals surface area contributed by atoms with Crippen LogP contribution in [0, 0.1) is 5.41 Å². The zero-order chi connectivity index (χ0) is 13.5. The van der Waals surface area contributed by atoms with Gasteiger partial charge in [0.25, 0.3) is 0 Å². The zero-order valence-corrected chi connectivity index (χ0v) is 10.4. The summed E-state index contributed by atoms with van der Waals surface area (Å²) in [6.07, 6.45) is 1.80. The fourth-order valence-electron chi connectivity index (χ4n) is 1.49. The molecule has 0 aliphatic carbocycles. The summed E-state index contributed by atoms with van der Waals surface area (Å²) in [6, 6.07) is 4.90. The number of aliphatic carboxylic acids is 1. The highest BCUT2D eigenvalue weighted by molar-refractivity contribution is 5.95. The topological polar surface area (TPSA) is 96.4 Å². The van der Waals surface area contributed by atoms with Crippen molar-refractivity contribution in [1.82, 2.24) is 0 Å². The van der Waals surface area contributed by atoms with Gasteiger partial charge < -0.3 is 15.6 Å². The van der Waals surface area contributed by atoms with E-state index in [1.165, 1.54) is 0 Å². The van der Waals surface area contributed by atoms with Crippen molar-refractivity contribution in [3.8, 4) is 5.75 Å². The molecule has 0 aliphatic rings. The summed E-state index contributed by atoms with van der Waals surface area (Å²) in [5.41, 5.74) is 6.54. The van der Waals surface area contributed by atoms with Crippen LogP contribution in [0.2, 0.25) is 0 Å². The first-order valence-electron chi connectivity index (χ1n) is 5.86. The van der Waals surface area contributed by atoms with Gasteiger partial charge in [-0.15, -0.1) is 0 Å². The summed E-state index contributed by atoms with van der Waals surface area (Å²) in [5.74, 6) is -0.471. The molecular formula is C13H18N2O3. The number of carboxylic acids is 1. The number of ether oxygens (including phenoxy) is 1. The largest absolute Gasteiger partial charge is 0.493 e. The molecule has 98 valence electrons. The first-order valence-corrected chi connectivity index (χ1v) is 5.86. The number of unbranched alkanes of at least 4 members (excludes halogenated alkanes) is 1. The third kappa shape index (κ3) is 4.08. The minimum atomic E-state index is -0.911. The molecule has 0 saturated carbocycles. The Bertz CT molecular complexity index is 444. The molecular weight excluding hydrogens is 232 g/mol. The lowest BCUT2D eigenvalue weighted by atomic mass is 10.1. The van der Waals surface area contributed by atoms with Crippen LogP contribution >= 0.6 is 0 Å². The molecule has 0 atom stereocenters. The lowest BCUT2D eigenvalue weighted by Crippen LogP contribution is -2.12. The first-order chi connectivity index (χ1) is 8.54. The van der Waals surface area contributed by atoms with E-state index in [4.69, 9.17) is 21.0 Å². The Hall–Kier alpha value is -2.04. The number of carboxylic acid groups (broad SMARTS) is 1. The highest BCUT2D eigenvalue weighted by atomic mass is 16.5. The van der Waals surface area contributed by atoms with Crippen LogP contribution in [0.4, 0.5) is 0 Å². The van der Waals surface area contributed by atoms with Gasteiger partial charge in [0, 0.05) is 11.1 Å². The van der Waals surface area contributed by atoms with E-state index in [-0.39, 0.29) is 12.3 Å². The second-order valence-electron chi connectivity index (χ2n) is 4.01. The summed E-state index contributed by atoms with van der Waals surface area (Å²) in [5, 5.41) is 16.2. The number of hydrogen-bond donors (Lipinski definition) is 3. The van der Waals surface area contributed by atoms with Crippen molar-refractivity contribution in [3.05, 3.63) is 29.3 Å². The van der Waals surface area contributed by atoms with Gasteiger partial charge in [0.2, 0.25) is 0 Å². The molecule has 1 aromatic rings. The van der Waals surface area contributed by atoms with Crippen LogP contribution in [0.3, 0.4) is 0 Å². The van der Waals surface area contributed by atoms with Crippen molar-refractivity contribution < 1.29 is 14.6 Å². The summed E-state index contributed by atoms with van der Waals surface area (Å²) >= 11 is 0. The number of nitrogens with one attached hydrogen (secondary N) is 1. The lowest BCUT2D eigenvalue weighted by molar-refractivity contribution is -0.136. The van der Waals surface area contributed by atoms with Gasteiger partial charge in [-0.1, -0.05) is 25.5 Å². The summed E-state index contributed by atoms with van der Waals surface area (Å²) in [6.45, 7) is 2.58. The average molecular weight is 250 g/mol. The fourth-order valence-corrected chi connectivity index (χ4v) is 1.49. The van der Waals surface area contributed by atoms with Crippen molar-refractivity contribution >= 4 is 11.8 Å². The second-order valence-corrected chi connectivity index (χ2v) is 4.01. The molecule has 5 nitrogen and oxygen atoms in total. The number of carbonyl (C=O) groups is 1. The van der Waals surface area contributed by atoms with Crippen LogP contribution in [0.25, 0.3) is 0 Å². The van der Waals surface area contributed by atoms with E-state index in [0.29, 0.717) is 23.5 Å². The molecule has 0 bridgehead atoms. The lowest BCUT2D eigenvalue weighted by Gasteiger charge is -2.11. The molecule has 0 spiro atoms. The van der Waals surface area contributed by atoms with Gasteiger partial charge in [-0.25, -0.2) is 0 Å². The Morgan fingerprint density at radius 3 is 2.78 bits per heavy atom. The van der Waals surface area contributed by atoms with Crippen LogP contribution in [0.15, 0.2) is 18.2 Å². The molecule has 18 heavy (non-hydrogen) atoms. The molecule has 0 unspecified atom stereocenters. The maximum absolute atomic E-state index is 10.7. The Balaban J connectivity index is 2.93. The number of nitrogens with two attached hydrogens (primary N) is 1. The molecule has 0 heterocycles. The van der Waals surface area contributed by atoms with Gasteiger partial charge in [0.15, 0.2) is 0 Å². The fraction of sp³-hybridized carbons (Fsp3) is 0.385. The van der Waals surface area contributed by atoms with Crippen molar-refractivity contribution in [1.29, 1.82) is 5.41 Å². The monoisotopic (exact) mass is 250 g/mol. The number of rotatable bonds is 7. The van der Waals surface area contributed by atoms with Gasteiger partial charge >= 0.3 is 5.97 Å². The standard InChI is InChI=1S/C13H18N2O3/c1-2-3-6-18-11-7-10(13(14)15)5-4-9(11)8-12(16)17/h4-5,7H,2-3,6,8H2,1H3,(H3,14,15)(H,16,17). The molecule has 0 radical (unpaired) electrons. The van der Waals surface area contributed by atoms with Crippen LogP contribution in [-0.2, 0) is 11.2 Å². The number of amidine groups is 1. The van der Waals surface area contributed by atoms with Gasteiger partial charge in [-0.2, -0.15) is 0 Å². The third-order valence-corrected chi connectivity index (χ3v) is 2.48. The predicted octanol–water partition coefficient (Wildman–Crippen LogP) is 1.78. The van der Waals surface area contributed by atoms with Crippen LogP contribution in [-0.4, -0.2) is 23.5 Å². The van der Waals surface area contributed by atoms with E-state index in [0.717, 1.165) is 12.8 Å². The zero-order valence-electron chi connectivity index (χ0n) is 10.4. The van der Waals surface area contributed by atoms with Gasteiger partial charge in [-0.3, -0.25) is 10.2 Å². The highest BCUT2D eigenvalue weighted by Gasteiger charge is 2.10. The van der Waals surface area contributed by atoms with E-state index in [9.17, 15) is 4.79 Å².